The van der Waals surface area contributed by atoms with Gasteiger partial charge in [0.1, 0.15) is 0 Å². The van der Waals surface area contributed by atoms with Gasteiger partial charge in [-0.05, 0) is 48.6 Å². The van der Waals surface area contributed by atoms with Gasteiger partial charge in [-0.25, -0.2) is 4.79 Å². The lowest BCUT2D eigenvalue weighted by Crippen LogP contribution is -2.36. The van der Waals surface area contributed by atoms with Crippen LogP contribution < -0.4 is 5.32 Å². The summed E-state index contributed by atoms with van der Waals surface area (Å²) in [5.41, 5.74) is 1.31. The molecular formula is C16H15N3OS. The summed E-state index contributed by atoms with van der Waals surface area (Å²) in [6.45, 7) is 0.657. The lowest BCUT2D eigenvalue weighted by Gasteiger charge is -2.22. The fraction of sp³-hybridized carbons (Fsp3) is 0.250. The summed E-state index contributed by atoms with van der Waals surface area (Å²) in [5, 5.41) is 13.7. The van der Waals surface area contributed by atoms with Gasteiger partial charge in [0.25, 0.3) is 0 Å². The first-order chi connectivity index (χ1) is 10.3. The molecule has 0 saturated heterocycles. The number of hydrogen-bond acceptors (Lipinski definition) is 3. The summed E-state index contributed by atoms with van der Waals surface area (Å²) in [6.07, 6.45) is 2.15. The van der Waals surface area contributed by atoms with E-state index >= 15 is 0 Å². The molecule has 1 fully saturated rings. The molecule has 106 valence electrons. The number of anilines is 1. The summed E-state index contributed by atoms with van der Waals surface area (Å²) < 4.78 is 0. The molecule has 1 aromatic carbocycles. The Kier molecular flexibility index (Phi) is 3.89. The Morgan fingerprint density at radius 2 is 2.10 bits per heavy atom. The Morgan fingerprint density at radius 1 is 1.33 bits per heavy atom. The topological polar surface area (TPSA) is 56.1 Å². The predicted octanol–water partition coefficient (Wildman–Crippen LogP) is 3.82. The van der Waals surface area contributed by atoms with Gasteiger partial charge in [-0.3, -0.25) is 0 Å². The first-order valence-corrected chi connectivity index (χ1v) is 7.74. The number of nitrogens with one attached hydrogen (secondary N) is 1. The number of nitriles is 1. The first-order valence-electron chi connectivity index (χ1n) is 6.86. The average Bonchev–Trinajstić information content (AvgIpc) is 3.21. The van der Waals surface area contributed by atoms with Gasteiger partial charge in [-0.15, -0.1) is 11.3 Å². The lowest BCUT2D eigenvalue weighted by molar-refractivity contribution is 0.206. The molecule has 0 aliphatic heterocycles. The zero-order valence-corrected chi connectivity index (χ0v) is 12.3. The molecular weight excluding hydrogens is 282 g/mol. The summed E-state index contributed by atoms with van der Waals surface area (Å²) >= 11 is 1.67. The Hall–Kier alpha value is -2.32. The molecule has 1 heterocycles. The second kappa shape index (κ2) is 5.98. The highest BCUT2D eigenvalue weighted by atomic mass is 32.1. The molecule has 1 aliphatic carbocycles. The molecule has 4 nitrogen and oxygen atoms in total. The molecule has 0 atom stereocenters. The van der Waals surface area contributed by atoms with Crippen LogP contribution in [0, 0.1) is 11.3 Å². The number of rotatable bonds is 4. The molecule has 21 heavy (non-hydrogen) atoms. The van der Waals surface area contributed by atoms with Gasteiger partial charge in [-0.1, -0.05) is 6.07 Å². The number of carbonyl (C=O) groups excluding carboxylic acids is 1. The second-order valence-electron chi connectivity index (χ2n) is 5.06. The molecule has 1 aromatic heterocycles. The van der Waals surface area contributed by atoms with E-state index in [1.807, 2.05) is 16.3 Å². The van der Waals surface area contributed by atoms with Crippen LogP contribution in [0.4, 0.5) is 10.5 Å². The SMILES string of the molecule is N#Cc1ccc(NC(=O)N(Cc2cccs2)C2CC2)cc1. The van der Waals surface area contributed by atoms with E-state index in [1.54, 1.807) is 35.6 Å². The minimum Gasteiger partial charge on any atom is -0.316 e. The number of urea groups is 1. The maximum absolute atomic E-state index is 12.4. The standard InChI is InChI=1S/C16H15N3OS/c17-10-12-3-5-13(6-4-12)18-16(20)19(14-7-8-14)11-15-2-1-9-21-15/h1-6,9,14H,7-8,11H2,(H,18,20). The van der Waals surface area contributed by atoms with Crippen LogP contribution in [0.5, 0.6) is 0 Å². The molecule has 1 aliphatic rings. The number of hydrogen-bond donors (Lipinski definition) is 1. The van der Waals surface area contributed by atoms with Crippen LogP contribution in [0.25, 0.3) is 0 Å². The van der Waals surface area contributed by atoms with E-state index < -0.39 is 0 Å². The zero-order valence-electron chi connectivity index (χ0n) is 11.5. The number of amides is 2. The van der Waals surface area contributed by atoms with E-state index in [-0.39, 0.29) is 6.03 Å². The molecule has 1 N–H and O–H groups in total. The van der Waals surface area contributed by atoms with Crippen molar-refractivity contribution in [3.05, 3.63) is 52.2 Å². The van der Waals surface area contributed by atoms with Crippen molar-refractivity contribution in [1.29, 1.82) is 5.26 Å². The van der Waals surface area contributed by atoms with Gasteiger partial charge in [0.05, 0.1) is 18.2 Å². The van der Waals surface area contributed by atoms with Gasteiger partial charge in [0.2, 0.25) is 0 Å². The number of thiophene rings is 1. The van der Waals surface area contributed by atoms with Crippen LogP contribution in [-0.4, -0.2) is 17.0 Å². The van der Waals surface area contributed by atoms with Crippen LogP contribution >= 0.6 is 11.3 Å². The van der Waals surface area contributed by atoms with E-state index in [4.69, 9.17) is 5.26 Å². The van der Waals surface area contributed by atoms with Crippen LogP contribution in [0.15, 0.2) is 41.8 Å². The maximum atomic E-state index is 12.4. The third kappa shape index (κ3) is 3.41. The fourth-order valence-electron chi connectivity index (χ4n) is 2.15. The molecule has 3 rings (SSSR count). The Balaban J connectivity index is 1.67. The quantitative estimate of drug-likeness (QED) is 0.932. The minimum absolute atomic E-state index is 0.0735. The molecule has 2 amide bonds. The van der Waals surface area contributed by atoms with Gasteiger partial charge < -0.3 is 10.2 Å². The Morgan fingerprint density at radius 3 is 2.67 bits per heavy atom. The summed E-state index contributed by atoms with van der Waals surface area (Å²) in [6, 6.07) is 13.3. The predicted molar refractivity (Wildman–Crippen MR) is 83.1 cm³/mol. The summed E-state index contributed by atoms with van der Waals surface area (Å²) in [7, 11) is 0. The number of benzene rings is 1. The Labute approximate surface area is 127 Å². The molecule has 0 spiro atoms. The highest BCUT2D eigenvalue weighted by molar-refractivity contribution is 7.09. The molecule has 0 radical (unpaired) electrons. The minimum atomic E-state index is -0.0735. The van der Waals surface area contributed by atoms with Crippen LogP contribution in [-0.2, 0) is 6.54 Å². The summed E-state index contributed by atoms with van der Waals surface area (Å²) in [5.74, 6) is 0. The highest BCUT2D eigenvalue weighted by Crippen LogP contribution is 2.29. The molecule has 5 heteroatoms. The van der Waals surface area contributed by atoms with Crippen molar-refractivity contribution in [2.75, 3.05) is 5.32 Å². The van der Waals surface area contributed by atoms with Crippen molar-refractivity contribution in [1.82, 2.24) is 4.90 Å². The van der Waals surface area contributed by atoms with E-state index in [2.05, 4.69) is 17.5 Å². The molecule has 1 saturated carbocycles. The smallest absolute Gasteiger partial charge is 0.316 e. The first kappa shape index (κ1) is 13.7. The van der Waals surface area contributed by atoms with Crippen molar-refractivity contribution in [3.63, 3.8) is 0 Å². The van der Waals surface area contributed by atoms with E-state index in [9.17, 15) is 4.79 Å². The van der Waals surface area contributed by atoms with Gasteiger partial charge >= 0.3 is 6.03 Å². The Bertz CT molecular complexity index is 654. The highest BCUT2D eigenvalue weighted by Gasteiger charge is 2.32. The third-order valence-corrected chi connectivity index (χ3v) is 4.28. The molecule has 2 aromatic rings. The third-order valence-electron chi connectivity index (χ3n) is 3.42. The number of carbonyl (C=O) groups is 1. The van der Waals surface area contributed by atoms with E-state index in [0.29, 0.717) is 18.2 Å². The van der Waals surface area contributed by atoms with Gasteiger partial charge in [-0.2, -0.15) is 5.26 Å². The summed E-state index contributed by atoms with van der Waals surface area (Å²) in [4.78, 5) is 15.5. The fourth-order valence-corrected chi connectivity index (χ4v) is 2.85. The van der Waals surface area contributed by atoms with Crippen molar-refractivity contribution >= 4 is 23.1 Å². The maximum Gasteiger partial charge on any atom is 0.322 e. The second-order valence-corrected chi connectivity index (χ2v) is 6.09. The monoisotopic (exact) mass is 297 g/mol. The number of nitrogens with zero attached hydrogens (tertiary/aromatic N) is 2. The molecule has 0 unspecified atom stereocenters. The zero-order chi connectivity index (χ0) is 14.7. The van der Waals surface area contributed by atoms with Crippen LogP contribution in [0.2, 0.25) is 0 Å². The van der Waals surface area contributed by atoms with Crippen molar-refractivity contribution in [2.24, 2.45) is 0 Å². The van der Waals surface area contributed by atoms with Crippen molar-refractivity contribution in [3.8, 4) is 6.07 Å². The van der Waals surface area contributed by atoms with Crippen molar-refractivity contribution in [2.45, 2.75) is 25.4 Å². The van der Waals surface area contributed by atoms with Gasteiger partial charge in [0.15, 0.2) is 0 Å². The van der Waals surface area contributed by atoms with E-state index in [1.165, 1.54) is 4.88 Å². The largest absolute Gasteiger partial charge is 0.322 e. The molecule has 0 bridgehead atoms. The van der Waals surface area contributed by atoms with Crippen LogP contribution in [0.3, 0.4) is 0 Å². The normalized spacial score (nSPS) is 13.5. The average molecular weight is 297 g/mol. The van der Waals surface area contributed by atoms with Gasteiger partial charge in [0, 0.05) is 16.6 Å². The lowest BCUT2D eigenvalue weighted by atomic mass is 10.2. The van der Waals surface area contributed by atoms with E-state index in [0.717, 1.165) is 18.5 Å². The van der Waals surface area contributed by atoms with Crippen LogP contribution in [0.1, 0.15) is 23.3 Å². The van der Waals surface area contributed by atoms with Crippen molar-refractivity contribution < 1.29 is 4.79 Å².